The maximum absolute atomic E-state index is 12.9. The van der Waals surface area contributed by atoms with Gasteiger partial charge in [-0.3, -0.25) is 14.7 Å². The van der Waals surface area contributed by atoms with Crippen LogP contribution in [0.3, 0.4) is 0 Å². The molecule has 11 heteroatoms. The zero-order chi connectivity index (χ0) is 22.3. The lowest BCUT2D eigenvalue weighted by molar-refractivity contribution is -0.388. The van der Waals surface area contributed by atoms with Gasteiger partial charge in [0.15, 0.2) is 0 Å². The Morgan fingerprint density at radius 3 is 2.41 bits per heavy atom. The quantitative estimate of drug-likeness (QED) is 0.378. The van der Waals surface area contributed by atoms with Gasteiger partial charge < -0.3 is 0 Å². The molecule has 166 valence electrons. The van der Waals surface area contributed by atoms with Gasteiger partial charge in [0, 0.05) is 30.8 Å². The molecule has 32 heavy (non-hydrogen) atoms. The van der Waals surface area contributed by atoms with E-state index < -0.39 is 14.9 Å². The second-order valence-corrected chi connectivity index (χ2v) is 10.8. The van der Waals surface area contributed by atoms with Crippen LogP contribution in [0.15, 0.2) is 63.5 Å². The number of nitro benzene ring substituents is 1. The van der Waals surface area contributed by atoms with Gasteiger partial charge in [0.2, 0.25) is 15.2 Å². The van der Waals surface area contributed by atoms with Crippen LogP contribution in [0, 0.1) is 10.1 Å². The Kier molecular flexibility index (Phi) is 5.48. The molecular formula is C21H21N5O4S2. The highest BCUT2D eigenvalue weighted by molar-refractivity contribution is 7.99. The minimum atomic E-state index is -3.75. The van der Waals surface area contributed by atoms with Crippen LogP contribution in [0.1, 0.15) is 37.4 Å². The van der Waals surface area contributed by atoms with E-state index in [9.17, 15) is 18.5 Å². The van der Waals surface area contributed by atoms with Crippen LogP contribution >= 0.6 is 11.8 Å². The molecule has 0 bridgehead atoms. The molecule has 2 aliphatic rings. The van der Waals surface area contributed by atoms with Crippen molar-refractivity contribution < 1.29 is 13.3 Å². The van der Waals surface area contributed by atoms with Gasteiger partial charge in [-0.1, -0.05) is 18.2 Å². The Bertz CT molecular complexity index is 1270. The van der Waals surface area contributed by atoms with Crippen molar-refractivity contribution in [2.75, 3.05) is 13.1 Å². The second-order valence-electron chi connectivity index (χ2n) is 7.89. The van der Waals surface area contributed by atoms with Crippen LogP contribution in [-0.4, -0.2) is 45.5 Å². The molecule has 1 aliphatic carbocycles. The Hall–Kier alpha value is -2.76. The van der Waals surface area contributed by atoms with E-state index in [4.69, 9.17) is 0 Å². The van der Waals surface area contributed by atoms with E-state index >= 15 is 0 Å². The highest BCUT2D eigenvalue weighted by Crippen LogP contribution is 2.43. The van der Waals surface area contributed by atoms with Gasteiger partial charge >= 0.3 is 0 Å². The zero-order valence-corrected chi connectivity index (χ0v) is 18.8. The van der Waals surface area contributed by atoms with Crippen LogP contribution in [0.5, 0.6) is 0 Å². The van der Waals surface area contributed by atoms with Crippen molar-refractivity contribution in [2.45, 2.75) is 46.5 Å². The highest BCUT2D eigenvalue weighted by atomic mass is 32.2. The molecular weight excluding hydrogens is 450 g/mol. The maximum atomic E-state index is 12.9. The Labute approximate surface area is 189 Å². The van der Waals surface area contributed by atoms with Crippen LogP contribution in [-0.2, 0) is 10.0 Å². The molecule has 1 aliphatic heterocycles. The zero-order valence-electron chi connectivity index (χ0n) is 17.1. The van der Waals surface area contributed by atoms with E-state index in [0.717, 1.165) is 55.0 Å². The van der Waals surface area contributed by atoms with E-state index in [1.54, 1.807) is 0 Å². The molecule has 1 saturated heterocycles. The smallest absolute Gasteiger partial charge is 0.274 e. The third-order valence-electron chi connectivity index (χ3n) is 5.65. The molecule has 9 nitrogen and oxygen atoms in total. The molecule has 2 aromatic carbocycles. The highest BCUT2D eigenvalue weighted by Gasteiger charge is 2.33. The topological polar surface area (TPSA) is 111 Å². The third kappa shape index (κ3) is 3.91. The van der Waals surface area contributed by atoms with Crippen molar-refractivity contribution in [1.29, 1.82) is 0 Å². The van der Waals surface area contributed by atoms with E-state index in [1.807, 2.05) is 34.9 Å². The summed E-state index contributed by atoms with van der Waals surface area (Å²) in [6, 6.07) is 13.7. The number of rotatable bonds is 7. The lowest BCUT2D eigenvalue weighted by Gasteiger charge is -2.15. The monoisotopic (exact) mass is 471 g/mol. The molecule has 0 atom stereocenters. The van der Waals surface area contributed by atoms with E-state index in [0.29, 0.717) is 29.1 Å². The average Bonchev–Trinajstić information content (AvgIpc) is 3.31. The standard InChI is InChI=1S/C21H21N5O4S2/c27-26(28)18-14-17(32(29,30)24-12-4-5-13-24)10-11-19(18)31-21-23-22-20(15-8-9-15)25(21)16-6-2-1-3-7-16/h1-3,6-7,10-11,14-15H,4-5,8-9,12-13H2. The minimum absolute atomic E-state index is 0.0568. The van der Waals surface area contributed by atoms with Crippen LogP contribution in [0.2, 0.25) is 0 Å². The van der Waals surface area contributed by atoms with Gasteiger partial charge in [-0.05, 0) is 61.7 Å². The van der Waals surface area contributed by atoms with Crippen molar-refractivity contribution in [3.05, 3.63) is 64.5 Å². The Morgan fingerprint density at radius 1 is 1.03 bits per heavy atom. The first-order valence-corrected chi connectivity index (χ1v) is 12.7. The number of sulfonamides is 1. The number of hydrogen-bond donors (Lipinski definition) is 0. The number of para-hydroxylation sites is 1. The molecule has 0 spiro atoms. The molecule has 0 N–H and O–H groups in total. The van der Waals surface area contributed by atoms with Crippen molar-refractivity contribution in [2.24, 2.45) is 0 Å². The second kappa shape index (κ2) is 8.30. The molecule has 2 fully saturated rings. The fourth-order valence-corrected chi connectivity index (χ4v) is 6.32. The summed E-state index contributed by atoms with van der Waals surface area (Å²) in [5.41, 5.74) is 0.628. The summed E-state index contributed by atoms with van der Waals surface area (Å²) in [5.74, 6) is 1.18. The first-order chi connectivity index (χ1) is 15.4. The van der Waals surface area contributed by atoms with Gasteiger partial charge in [0.25, 0.3) is 5.69 Å². The van der Waals surface area contributed by atoms with Gasteiger partial charge in [-0.15, -0.1) is 10.2 Å². The van der Waals surface area contributed by atoms with Crippen molar-refractivity contribution >= 4 is 27.5 Å². The Balaban J connectivity index is 1.53. The molecule has 1 saturated carbocycles. The number of hydrogen-bond acceptors (Lipinski definition) is 7. The van der Waals surface area contributed by atoms with Gasteiger partial charge in [0.05, 0.1) is 14.7 Å². The first-order valence-electron chi connectivity index (χ1n) is 10.4. The number of benzene rings is 2. The molecule has 0 radical (unpaired) electrons. The molecule has 1 aromatic heterocycles. The van der Waals surface area contributed by atoms with Crippen molar-refractivity contribution in [3.63, 3.8) is 0 Å². The summed E-state index contributed by atoms with van der Waals surface area (Å²) >= 11 is 1.12. The first kappa shape index (κ1) is 21.1. The maximum Gasteiger partial charge on any atom is 0.284 e. The minimum Gasteiger partial charge on any atom is -0.274 e. The molecule has 0 amide bonds. The van der Waals surface area contributed by atoms with Crippen LogP contribution < -0.4 is 0 Å². The van der Waals surface area contributed by atoms with Crippen molar-refractivity contribution in [1.82, 2.24) is 19.1 Å². The van der Waals surface area contributed by atoms with E-state index in [-0.39, 0.29) is 10.6 Å². The number of nitro groups is 1. The van der Waals surface area contributed by atoms with E-state index in [2.05, 4.69) is 10.2 Å². The number of aromatic nitrogens is 3. The normalized spacial score (nSPS) is 17.0. The summed E-state index contributed by atoms with van der Waals surface area (Å²) < 4.78 is 29.1. The van der Waals surface area contributed by atoms with Gasteiger partial charge in [-0.25, -0.2) is 8.42 Å². The number of nitrogens with zero attached hydrogens (tertiary/aromatic N) is 5. The summed E-state index contributed by atoms with van der Waals surface area (Å²) in [5, 5.41) is 21.0. The fraction of sp³-hybridized carbons (Fsp3) is 0.333. The molecule has 0 unspecified atom stereocenters. The van der Waals surface area contributed by atoms with Gasteiger partial charge in [-0.2, -0.15) is 4.31 Å². The summed E-state index contributed by atoms with van der Waals surface area (Å²) in [6.45, 7) is 0.882. The lowest BCUT2D eigenvalue weighted by atomic mass is 10.3. The SMILES string of the molecule is O=[N+]([O-])c1cc(S(=O)(=O)N2CCCC2)ccc1Sc1nnc(C2CC2)n1-c1ccccc1. The Morgan fingerprint density at radius 2 is 1.75 bits per heavy atom. The molecule has 3 aromatic rings. The largest absolute Gasteiger partial charge is 0.284 e. The predicted molar refractivity (Wildman–Crippen MR) is 119 cm³/mol. The summed E-state index contributed by atoms with van der Waals surface area (Å²) in [7, 11) is -3.75. The van der Waals surface area contributed by atoms with Crippen LogP contribution in [0.25, 0.3) is 5.69 Å². The summed E-state index contributed by atoms with van der Waals surface area (Å²) in [6.07, 6.45) is 3.68. The third-order valence-corrected chi connectivity index (χ3v) is 8.55. The lowest BCUT2D eigenvalue weighted by Crippen LogP contribution is -2.27. The van der Waals surface area contributed by atoms with Gasteiger partial charge in [0.1, 0.15) is 5.82 Å². The average molecular weight is 472 g/mol. The molecule has 5 rings (SSSR count). The van der Waals surface area contributed by atoms with E-state index in [1.165, 1.54) is 16.4 Å². The summed E-state index contributed by atoms with van der Waals surface area (Å²) in [4.78, 5) is 11.6. The molecule has 2 heterocycles. The van der Waals surface area contributed by atoms with Crippen molar-refractivity contribution in [3.8, 4) is 5.69 Å². The fourth-order valence-electron chi connectivity index (χ4n) is 3.84. The van der Waals surface area contributed by atoms with Crippen LogP contribution in [0.4, 0.5) is 5.69 Å². The predicted octanol–water partition coefficient (Wildman–Crippen LogP) is 3.99.